The average molecular weight is 435 g/mol. The molecule has 1 aliphatic heterocycles. The largest absolute Gasteiger partial charge is 0.380 e. The molecule has 174 valence electrons. The van der Waals surface area contributed by atoms with Crippen LogP contribution in [-0.4, -0.2) is 43.3 Å². The first-order valence-corrected chi connectivity index (χ1v) is 12.1. The van der Waals surface area contributed by atoms with Gasteiger partial charge in [0.15, 0.2) is 0 Å². The molecule has 0 aromatic heterocycles. The zero-order valence-corrected chi connectivity index (χ0v) is 21.0. The highest BCUT2D eigenvalue weighted by Crippen LogP contribution is 2.23. The van der Waals surface area contributed by atoms with Crippen LogP contribution in [0.5, 0.6) is 0 Å². The van der Waals surface area contributed by atoms with Gasteiger partial charge in [-0.15, -0.1) is 0 Å². The fraction of sp³-hybridized carbons (Fsp3) is 0.464. The number of aliphatic imine (C=N–C) groups is 1. The Hall–Kier alpha value is -2.59. The summed E-state index contributed by atoms with van der Waals surface area (Å²) >= 11 is 0. The van der Waals surface area contributed by atoms with Crippen LogP contribution in [0.15, 0.2) is 87.4 Å². The maximum atomic E-state index is 4.67. The van der Waals surface area contributed by atoms with Crippen LogP contribution in [0.2, 0.25) is 0 Å². The Bertz CT molecular complexity index is 869. The number of nitrogens with zero attached hydrogens (tertiary/aromatic N) is 2. The Balaban J connectivity index is 2.27. The van der Waals surface area contributed by atoms with Crippen molar-refractivity contribution in [3.63, 3.8) is 0 Å². The van der Waals surface area contributed by atoms with Gasteiger partial charge in [-0.1, -0.05) is 43.7 Å². The summed E-state index contributed by atoms with van der Waals surface area (Å²) in [4.78, 5) is 7.15. The van der Waals surface area contributed by atoms with Gasteiger partial charge in [0.05, 0.1) is 17.1 Å². The van der Waals surface area contributed by atoms with Crippen LogP contribution in [0.4, 0.5) is 0 Å². The minimum atomic E-state index is 0.774. The summed E-state index contributed by atoms with van der Waals surface area (Å²) < 4.78 is 0. The number of nitrogens with one attached hydrogen (secondary N) is 2. The van der Waals surface area contributed by atoms with Crippen molar-refractivity contribution < 1.29 is 0 Å². The van der Waals surface area contributed by atoms with E-state index in [4.69, 9.17) is 0 Å². The molecule has 0 saturated carbocycles. The summed E-state index contributed by atoms with van der Waals surface area (Å²) in [5, 5.41) is 7.20. The number of hydrogen-bond donors (Lipinski definition) is 2. The molecular formula is C28H42N4. The third kappa shape index (κ3) is 7.52. The lowest BCUT2D eigenvalue weighted by atomic mass is 9.93. The maximum Gasteiger partial charge on any atom is 0.0702 e. The first kappa shape index (κ1) is 25.7. The summed E-state index contributed by atoms with van der Waals surface area (Å²) in [7, 11) is 0. The Labute approximate surface area is 196 Å². The second-order valence-electron chi connectivity index (χ2n) is 8.27. The van der Waals surface area contributed by atoms with E-state index in [2.05, 4.69) is 91.6 Å². The minimum absolute atomic E-state index is 0.774. The Morgan fingerprint density at radius 1 is 1.16 bits per heavy atom. The lowest BCUT2D eigenvalue weighted by molar-refractivity contribution is 0.301. The second-order valence-corrected chi connectivity index (χ2v) is 8.27. The van der Waals surface area contributed by atoms with Gasteiger partial charge in [0.25, 0.3) is 0 Å². The molecular weight excluding hydrogens is 392 g/mol. The zero-order valence-electron chi connectivity index (χ0n) is 21.0. The van der Waals surface area contributed by atoms with E-state index in [1.54, 1.807) is 0 Å². The normalized spacial score (nSPS) is 21.4. The van der Waals surface area contributed by atoms with Gasteiger partial charge in [-0.05, 0) is 75.5 Å². The van der Waals surface area contributed by atoms with Crippen molar-refractivity contribution in [3.8, 4) is 0 Å². The highest BCUT2D eigenvalue weighted by Gasteiger charge is 2.18. The third-order valence-electron chi connectivity index (χ3n) is 5.85. The Morgan fingerprint density at radius 3 is 2.53 bits per heavy atom. The van der Waals surface area contributed by atoms with Gasteiger partial charge in [-0.25, -0.2) is 0 Å². The van der Waals surface area contributed by atoms with E-state index in [1.165, 1.54) is 33.7 Å². The lowest BCUT2D eigenvalue weighted by Crippen LogP contribution is -2.44. The van der Waals surface area contributed by atoms with Gasteiger partial charge in [-0.3, -0.25) is 4.99 Å². The van der Waals surface area contributed by atoms with Crippen LogP contribution in [0.1, 0.15) is 54.4 Å². The quantitative estimate of drug-likeness (QED) is 0.449. The second kappa shape index (κ2) is 13.7. The number of piperazine rings is 1. The van der Waals surface area contributed by atoms with Crippen molar-refractivity contribution >= 4 is 5.71 Å². The van der Waals surface area contributed by atoms with Gasteiger partial charge in [0.1, 0.15) is 0 Å². The van der Waals surface area contributed by atoms with E-state index in [9.17, 15) is 0 Å². The van der Waals surface area contributed by atoms with Gasteiger partial charge >= 0.3 is 0 Å². The van der Waals surface area contributed by atoms with E-state index in [0.717, 1.165) is 51.3 Å². The fourth-order valence-corrected chi connectivity index (χ4v) is 3.74. The highest BCUT2D eigenvalue weighted by atomic mass is 15.2. The summed E-state index contributed by atoms with van der Waals surface area (Å²) in [5.41, 5.74) is 8.66. The molecule has 2 aliphatic rings. The van der Waals surface area contributed by atoms with Crippen LogP contribution in [0.25, 0.3) is 0 Å². The van der Waals surface area contributed by atoms with E-state index in [0.29, 0.717) is 0 Å². The summed E-state index contributed by atoms with van der Waals surface area (Å²) in [6.45, 7) is 17.8. The van der Waals surface area contributed by atoms with Crippen LogP contribution >= 0.6 is 0 Å². The van der Waals surface area contributed by atoms with Gasteiger partial charge < -0.3 is 15.5 Å². The van der Waals surface area contributed by atoms with Gasteiger partial charge in [0.2, 0.25) is 0 Å². The number of rotatable bonds is 9. The SMILES string of the molecule is C\C=C/N=C1\C=C(CNC(=C/C)/C(=C\C=C(/C)CC)N2CCNCC2)C(C)=C\C1=C/CC. The van der Waals surface area contributed by atoms with Crippen LogP contribution in [0, 0.1) is 0 Å². The van der Waals surface area contributed by atoms with Crippen LogP contribution in [-0.2, 0) is 0 Å². The average Bonchev–Trinajstić information content (AvgIpc) is 2.81. The number of allylic oxidation sites excluding steroid dienone is 9. The smallest absolute Gasteiger partial charge is 0.0702 e. The summed E-state index contributed by atoms with van der Waals surface area (Å²) in [6.07, 6.45) is 19.4. The van der Waals surface area contributed by atoms with Crippen LogP contribution < -0.4 is 10.6 Å². The molecule has 2 N–H and O–H groups in total. The molecule has 0 aromatic carbocycles. The standard InChI is InChI=1S/C28H42N4/c1-7-11-24-19-23(6)25(20-27(24)30-14-8-2)21-31-26(10-4)28(13-12-22(5)9-3)32-17-15-29-16-18-32/h8,10-14,19-20,29,31H,7,9,15-18,21H2,1-6H3/b14-8-,22-12+,24-11+,26-10+,28-13+,30-27+. The summed E-state index contributed by atoms with van der Waals surface area (Å²) in [6, 6.07) is 0. The maximum absolute atomic E-state index is 4.67. The van der Waals surface area contributed by atoms with Gasteiger partial charge in [0, 0.05) is 38.9 Å². The predicted octanol–water partition coefficient (Wildman–Crippen LogP) is 5.82. The first-order chi connectivity index (χ1) is 15.5. The topological polar surface area (TPSA) is 39.7 Å². The van der Waals surface area contributed by atoms with Gasteiger partial charge in [-0.2, -0.15) is 0 Å². The molecule has 1 heterocycles. The minimum Gasteiger partial charge on any atom is -0.380 e. The highest BCUT2D eigenvalue weighted by molar-refractivity contribution is 6.12. The summed E-state index contributed by atoms with van der Waals surface area (Å²) in [5.74, 6) is 0. The molecule has 1 fully saturated rings. The molecule has 1 saturated heterocycles. The molecule has 0 amide bonds. The monoisotopic (exact) mass is 434 g/mol. The van der Waals surface area contributed by atoms with Crippen molar-refractivity contribution in [1.82, 2.24) is 15.5 Å². The molecule has 0 aromatic rings. The Kier molecular flexibility index (Phi) is 11.0. The molecule has 0 spiro atoms. The van der Waals surface area contributed by atoms with E-state index in [1.807, 2.05) is 19.2 Å². The molecule has 4 nitrogen and oxygen atoms in total. The molecule has 32 heavy (non-hydrogen) atoms. The van der Waals surface area contributed by atoms with E-state index >= 15 is 0 Å². The molecule has 0 unspecified atom stereocenters. The molecule has 0 radical (unpaired) electrons. The van der Waals surface area contributed by atoms with Crippen molar-refractivity contribution in [2.45, 2.75) is 54.4 Å². The zero-order chi connectivity index (χ0) is 23.3. The molecule has 0 bridgehead atoms. The van der Waals surface area contributed by atoms with E-state index < -0.39 is 0 Å². The van der Waals surface area contributed by atoms with Crippen molar-refractivity contribution in [3.05, 3.63) is 82.4 Å². The van der Waals surface area contributed by atoms with E-state index in [-0.39, 0.29) is 0 Å². The Morgan fingerprint density at radius 2 is 1.91 bits per heavy atom. The van der Waals surface area contributed by atoms with Crippen molar-refractivity contribution in [2.24, 2.45) is 4.99 Å². The van der Waals surface area contributed by atoms with Crippen molar-refractivity contribution in [1.29, 1.82) is 0 Å². The molecule has 4 heteroatoms. The first-order valence-electron chi connectivity index (χ1n) is 12.1. The third-order valence-corrected chi connectivity index (χ3v) is 5.85. The number of hydrogen-bond acceptors (Lipinski definition) is 4. The molecule has 1 aliphatic carbocycles. The molecule has 0 atom stereocenters. The predicted molar refractivity (Wildman–Crippen MR) is 141 cm³/mol. The van der Waals surface area contributed by atoms with Crippen molar-refractivity contribution in [2.75, 3.05) is 32.7 Å². The molecule has 2 rings (SSSR count). The fourth-order valence-electron chi connectivity index (χ4n) is 3.74. The van der Waals surface area contributed by atoms with Crippen LogP contribution in [0.3, 0.4) is 0 Å². The lowest BCUT2D eigenvalue weighted by Gasteiger charge is -2.33.